The van der Waals surface area contributed by atoms with Gasteiger partial charge in [0.05, 0.1) is 24.4 Å². The van der Waals surface area contributed by atoms with Gasteiger partial charge in [0, 0.05) is 6.42 Å². The maximum absolute atomic E-state index is 6.04. The second-order valence-electron chi connectivity index (χ2n) is 6.76. The Kier molecular flexibility index (Phi) is 3.76. The van der Waals surface area contributed by atoms with Crippen molar-refractivity contribution in [2.45, 2.75) is 51.4 Å². The summed E-state index contributed by atoms with van der Waals surface area (Å²) in [6.45, 7) is 9.71. The fourth-order valence-corrected chi connectivity index (χ4v) is 2.48. The quantitative estimate of drug-likeness (QED) is 0.799. The lowest BCUT2D eigenvalue weighted by atomic mass is 9.79. The van der Waals surface area contributed by atoms with E-state index in [4.69, 9.17) is 18.8 Å². The molecule has 2 fully saturated rings. The predicted molar refractivity (Wildman–Crippen MR) is 82.0 cm³/mol. The standard InChI is InChI=1S/C16H23BO4/c1-15(2)16(3,4)21-17(20-15)12-5-7-13(8-6-12)19-14-9-10-18-11-14/h5-8,14H,9-11H2,1-4H3/t14-/m1/s1. The van der Waals surface area contributed by atoms with Crippen LogP contribution in [-0.2, 0) is 14.0 Å². The first kappa shape index (κ1) is 14.9. The highest BCUT2D eigenvalue weighted by molar-refractivity contribution is 6.62. The van der Waals surface area contributed by atoms with Crippen molar-refractivity contribution in [2.75, 3.05) is 13.2 Å². The summed E-state index contributed by atoms with van der Waals surface area (Å²) in [7, 11) is -0.320. The van der Waals surface area contributed by atoms with Gasteiger partial charge in [-0.3, -0.25) is 0 Å². The van der Waals surface area contributed by atoms with E-state index in [1.807, 2.05) is 24.3 Å². The van der Waals surface area contributed by atoms with Crippen LogP contribution in [0.15, 0.2) is 24.3 Å². The highest BCUT2D eigenvalue weighted by atomic mass is 16.7. The first-order valence-electron chi connectivity index (χ1n) is 7.57. The minimum atomic E-state index is -0.320. The highest BCUT2D eigenvalue weighted by Gasteiger charge is 2.51. The zero-order valence-electron chi connectivity index (χ0n) is 13.2. The Morgan fingerprint density at radius 1 is 1.05 bits per heavy atom. The van der Waals surface area contributed by atoms with Gasteiger partial charge in [0.2, 0.25) is 0 Å². The Morgan fingerprint density at radius 3 is 2.19 bits per heavy atom. The zero-order valence-corrected chi connectivity index (χ0v) is 13.2. The first-order valence-corrected chi connectivity index (χ1v) is 7.57. The van der Waals surface area contributed by atoms with Crippen LogP contribution in [0.2, 0.25) is 0 Å². The summed E-state index contributed by atoms with van der Waals surface area (Å²) in [5.41, 5.74) is 0.394. The molecule has 2 aliphatic rings. The number of rotatable bonds is 3. The van der Waals surface area contributed by atoms with Crippen LogP contribution in [0.5, 0.6) is 5.75 Å². The van der Waals surface area contributed by atoms with Crippen molar-refractivity contribution in [1.29, 1.82) is 0 Å². The van der Waals surface area contributed by atoms with E-state index in [-0.39, 0.29) is 24.4 Å². The van der Waals surface area contributed by atoms with Crippen LogP contribution in [0.4, 0.5) is 0 Å². The van der Waals surface area contributed by atoms with Gasteiger partial charge in [-0.15, -0.1) is 0 Å². The number of hydrogen-bond donors (Lipinski definition) is 0. The second kappa shape index (κ2) is 5.31. The molecule has 114 valence electrons. The Bertz CT molecular complexity index is 476. The Hall–Kier alpha value is -1.04. The molecule has 1 aromatic carbocycles. The third-order valence-corrected chi connectivity index (χ3v) is 4.60. The molecule has 1 aromatic rings. The molecule has 4 nitrogen and oxygen atoms in total. The molecule has 3 rings (SSSR count). The molecule has 2 heterocycles. The minimum absolute atomic E-state index is 0.174. The molecular weight excluding hydrogens is 267 g/mol. The van der Waals surface area contributed by atoms with Crippen molar-refractivity contribution >= 4 is 12.6 Å². The van der Waals surface area contributed by atoms with E-state index in [1.165, 1.54) is 0 Å². The monoisotopic (exact) mass is 290 g/mol. The molecule has 0 saturated carbocycles. The lowest BCUT2D eigenvalue weighted by molar-refractivity contribution is 0.00578. The summed E-state index contributed by atoms with van der Waals surface area (Å²) in [5, 5.41) is 0. The van der Waals surface area contributed by atoms with Crippen LogP contribution >= 0.6 is 0 Å². The van der Waals surface area contributed by atoms with E-state index in [0.717, 1.165) is 24.2 Å². The van der Waals surface area contributed by atoms with E-state index >= 15 is 0 Å². The molecule has 21 heavy (non-hydrogen) atoms. The molecule has 0 aromatic heterocycles. The van der Waals surface area contributed by atoms with Crippen molar-refractivity contribution in [3.05, 3.63) is 24.3 Å². The normalized spacial score (nSPS) is 27.0. The molecule has 0 aliphatic carbocycles. The van der Waals surface area contributed by atoms with E-state index in [9.17, 15) is 0 Å². The van der Waals surface area contributed by atoms with Crippen molar-refractivity contribution in [1.82, 2.24) is 0 Å². The minimum Gasteiger partial charge on any atom is -0.488 e. The van der Waals surface area contributed by atoms with E-state index in [2.05, 4.69) is 27.7 Å². The molecule has 2 aliphatic heterocycles. The molecule has 5 heteroatoms. The summed E-state index contributed by atoms with van der Waals surface area (Å²) in [5.74, 6) is 0.866. The number of ether oxygens (including phenoxy) is 2. The van der Waals surface area contributed by atoms with Gasteiger partial charge in [0.15, 0.2) is 0 Å². The summed E-state index contributed by atoms with van der Waals surface area (Å²) < 4.78 is 23.3. The van der Waals surface area contributed by atoms with Gasteiger partial charge in [-0.25, -0.2) is 0 Å². The van der Waals surface area contributed by atoms with Crippen molar-refractivity contribution in [3.8, 4) is 5.75 Å². The first-order chi connectivity index (χ1) is 9.87. The maximum Gasteiger partial charge on any atom is 0.494 e. The summed E-state index contributed by atoms with van der Waals surface area (Å²) in [4.78, 5) is 0. The largest absolute Gasteiger partial charge is 0.494 e. The van der Waals surface area contributed by atoms with Crippen LogP contribution < -0.4 is 10.2 Å². The molecule has 0 amide bonds. The van der Waals surface area contributed by atoms with Gasteiger partial charge in [-0.2, -0.15) is 0 Å². The lowest BCUT2D eigenvalue weighted by Crippen LogP contribution is -2.41. The smallest absolute Gasteiger partial charge is 0.488 e. The number of benzene rings is 1. The van der Waals surface area contributed by atoms with E-state index in [1.54, 1.807) is 0 Å². The fourth-order valence-electron chi connectivity index (χ4n) is 2.48. The fraction of sp³-hybridized carbons (Fsp3) is 0.625. The molecular formula is C16H23BO4. The maximum atomic E-state index is 6.04. The average molecular weight is 290 g/mol. The van der Waals surface area contributed by atoms with Gasteiger partial charge in [-0.05, 0) is 45.3 Å². The van der Waals surface area contributed by atoms with Crippen LogP contribution in [0.1, 0.15) is 34.1 Å². The lowest BCUT2D eigenvalue weighted by Gasteiger charge is -2.32. The molecule has 0 spiro atoms. The van der Waals surface area contributed by atoms with E-state index in [0.29, 0.717) is 6.61 Å². The molecule has 1 atom stereocenters. The third kappa shape index (κ3) is 2.96. The second-order valence-corrected chi connectivity index (χ2v) is 6.76. The number of hydrogen-bond acceptors (Lipinski definition) is 4. The van der Waals surface area contributed by atoms with E-state index < -0.39 is 0 Å². The topological polar surface area (TPSA) is 36.9 Å². The summed E-state index contributed by atoms with van der Waals surface area (Å²) >= 11 is 0. The molecule has 0 unspecified atom stereocenters. The summed E-state index contributed by atoms with van der Waals surface area (Å²) in [6.07, 6.45) is 1.13. The van der Waals surface area contributed by atoms with Gasteiger partial charge >= 0.3 is 7.12 Å². The van der Waals surface area contributed by atoms with Gasteiger partial charge in [0.1, 0.15) is 11.9 Å². The summed E-state index contributed by atoms with van der Waals surface area (Å²) in [6, 6.07) is 7.96. The average Bonchev–Trinajstić information content (AvgIpc) is 2.97. The Labute approximate surface area is 126 Å². The molecule has 2 saturated heterocycles. The molecule has 0 radical (unpaired) electrons. The van der Waals surface area contributed by atoms with Gasteiger partial charge < -0.3 is 18.8 Å². The Balaban J connectivity index is 1.67. The van der Waals surface area contributed by atoms with Crippen molar-refractivity contribution in [3.63, 3.8) is 0 Å². The van der Waals surface area contributed by atoms with Gasteiger partial charge in [0.25, 0.3) is 0 Å². The Morgan fingerprint density at radius 2 is 1.67 bits per heavy atom. The predicted octanol–water partition coefficient (Wildman–Crippen LogP) is 2.15. The zero-order chi connectivity index (χ0) is 15.1. The van der Waals surface area contributed by atoms with Crippen LogP contribution in [0.25, 0.3) is 0 Å². The van der Waals surface area contributed by atoms with Crippen molar-refractivity contribution < 1.29 is 18.8 Å². The molecule has 0 bridgehead atoms. The third-order valence-electron chi connectivity index (χ3n) is 4.60. The SMILES string of the molecule is CC1(C)OB(c2ccc(O[C@@H]3CCOC3)cc2)OC1(C)C. The van der Waals surface area contributed by atoms with Crippen LogP contribution in [0, 0.1) is 0 Å². The van der Waals surface area contributed by atoms with Crippen LogP contribution in [0.3, 0.4) is 0 Å². The van der Waals surface area contributed by atoms with Gasteiger partial charge in [-0.1, -0.05) is 12.1 Å². The van der Waals surface area contributed by atoms with Crippen LogP contribution in [-0.4, -0.2) is 37.6 Å². The highest BCUT2D eigenvalue weighted by Crippen LogP contribution is 2.36. The molecule has 0 N–H and O–H groups in total. The van der Waals surface area contributed by atoms with Crippen molar-refractivity contribution in [2.24, 2.45) is 0 Å².